The van der Waals surface area contributed by atoms with E-state index in [4.69, 9.17) is 9.72 Å². The molecule has 27 heavy (non-hydrogen) atoms. The van der Waals surface area contributed by atoms with Crippen LogP contribution >= 0.6 is 0 Å². The molecule has 6 nitrogen and oxygen atoms in total. The van der Waals surface area contributed by atoms with Crippen LogP contribution in [0.2, 0.25) is 0 Å². The van der Waals surface area contributed by atoms with E-state index in [0.29, 0.717) is 5.75 Å². The van der Waals surface area contributed by atoms with Crippen molar-refractivity contribution in [2.75, 3.05) is 18.0 Å². The van der Waals surface area contributed by atoms with E-state index in [0.717, 1.165) is 49.0 Å². The van der Waals surface area contributed by atoms with Crippen molar-refractivity contribution in [1.82, 2.24) is 19.7 Å². The van der Waals surface area contributed by atoms with Crippen molar-refractivity contribution in [2.24, 2.45) is 0 Å². The Hall–Kier alpha value is -2.96. The predicted octanol–water partition coefficient (Wildman–Crippen LogP) is 3.47. The van der Waals surface area contributed by atoms with Gasteiger partial charge in [-0.2, -0.15) is 5.10 Å². The van der Waals surface area contributed by atoms with Gasteiger partial charge in [0.05, 0.1) is 18.1 Å². The lowest BCUT2D eigenvalue weighted by molar-refractivity contribution is 0.170. The van der Waals surface area contributed by atoms with Crippen LogP contribution in [0.25, 0.3) is 5.82 Å². The summed E-state index contributed by atoms with van der Waals surface area (Å²) in [5.41, 5.74) is 1.99. The monoisotopic (exact) mass is 367 g/mol. The normalized spacial score (nSPS) is 15.1. The van der Waals surface area contributed by atoms with Gasteiger partial charge in [0.15, 0.2) is 5.82 Å². The third-order valence-corrected chi connectivity index (χ3v) is 4.72. The molecule has 0 saturated carbocycles. The van der Waals surface area contributed by atoms with Crippen molar-refractivity contribution in [3.05, 3.63) is 59.9 Å². The fourth-order valence-electron chi connectivity index (χ4n) is 3.37. The highest BCUT2D eigenvalue weighted by molar-refractivity contribution is 5.40. The number of nitrogens with zero attached hydrogens (tertiary/aromatic N) is 5. The first-order chi connectivity index (χ1) is 13.1. The minimum absolute atomic E-state index is 0.124. The van der Waals surface area contributed by atoms with Crippen molar-refractivity contribution < 1.29 is 9.13 Å². The van der Waals surface area contributed by atoms with E-state index >= 15 is 0 Å². The maximum atomic E-state index is 13.0. The Balaban J connectivity index is 1.41. The summed E-state index contributed by atoms with van der Waals surface area (Å²) in [6, 6.07) is 8.21. The maximum Gasteiger partial charge on any atom is 0.174 e. The molecule has 7 heteroatoms. The molecule has 0 amide bonds. The van der Waals surface area contributed by atoms with Gasteiger partial charge in [-0.15, -0.1) is 0 Å². The average Bonchev–Trinajstić information content (AvgIpc) is 3.02. The van der Waals surface area contributed by atoms with Crippen molar-refractivity contribution in [3.63, 3.8) is 0 Å². The zero-order valence-electron chi connectivity index (χ0n) is 15.5. The first-order valence-corrected chi connectivity index (χ1v) is 9.11. The summed E-state index contributed by atoms with van der Waals surface area (Å²) >= 11 is 0. The molecule has 2 aromatic heterocycles. The number of benzene rings is 1. The minimum atomic E-state index is -0.252. The van der Waals surface area contributed by atoms with Crippen molar-refractivity contribution in [1.29, 1.82) is 0 Å². The summed E-state index contributed by atoms with van der Waals surface area (Å²) in [7, 11) is 0. The van der Waals surface area contributed by atoms with Gasteiger partial charge in [0.25, 0.3) is 0 Å². The number of rotatable bonds is 4. The molecule has 0 radical (unpaired) electrons. The van der Waals surface area contributed by atoms with Crippen LogP contribution in [0, 0.1) is 19.7 Å². The third kappa shape index (κ3) is 3.92. The first kappa shape index (κ1) is 17.5. The minimum Gasteiger partial charge on any atom is -0.490 e. The molecular weight excluding hydrogens is 345 g/mol. The number of hydrogen-bond donors (Lipinski definition) is 0. The molecule has 0 spiro atoms. The largest absolute Gasteiger partial charge is 0.490 e. The van der Waals surface area contributed by atoms with E-state index in [9.17, 15) is 4.39 Å². The molecule has 0 unspecified atom stereocenters. The molecule has 0 bridgehead atoms. The zero-order valence-corrected chi connectivity index (χ0v) is 15.5. The van der Waals surface area contributed by atoms with Gasteiger partial charge in [-0.3, -0.25) is 4.98 Å². The Morgan fingerprint density at radius 2 is 1.74 bits per heavy atom. The molecule has 1 aliphatic heterocycles. The summed E-state index contributed by atoms with van der Waals surface area (Å²) in [4.78, 5) is 11.3. The van der Waals surface area contributed by atoms with E-state index < -0.39 is 0 Å². The number of ether oxygens (including phenoxy) is 1. The van der Waals surface area contributed by atoms with E-state index in [1.54, 1.807) is 24.5 Å². The lowest BCUT2D eigenvalue weighted by Gasteiger charge is -2.32. The molecule has 0 aliphatic carbocycles. The lowest BCUT2D eigenvalue weighted by atomic mass is 10.1. The second kappa shape index (κ2) is 7.34. The maximum absolute atomic E-state index is 13.0. The summed E-state index contributed by atoms with van der Waals surface area (Å²) < 4.78 is 20.8. The number of aryl methyl sites for hydroxylation is 2. The lowest BCUT2D eigenvalue weighted by Crippen LogP contribution is -2.38. The summed E-state index contributed by atoms with van der Waals surface area (Å²) in [5, 5.41) is 4.48. The standard InChI is InChI=1S/C20H22FN5O/c1-14-11-15(2)26(24-14)20-13-22-12-19(23-20)25-9-7-18(8-10-25)27-17-5-3-16(21)4-6-17/h3-6,11-13,18H,7-10H2,1-2H3. The van der Waals surface area contributed by atoms with Crippen LogP contribution in [-0.4, -0.2) is 38.9 Å². The molecule has 1 aromatic carbocycles. The Kier molecular flexibility index (Phi) is 4.75. The van der Waals surface area contributed by atoms with Crippen molar-refractivity contribution in [3.8, 4) is 11.6 Å². The van der Waals surface area contributed by atoms with E-state index in [1.807, 2.05) is 24.6 Å². The smallest absolute Gasteiger partial charge is 0.174 e. The molecule has 1 saturated heterocycles. The van der Waals surface area contributed by atoms with Gasteiger partial charge >= 0.3 is 0 Å². The van der Waals surface area contributed by atoms with E-state index in [-0.39, 0.29) is 11.9 Å². The molecule has 0 atom stereocenters. The van der Waals surface area contributed by atoms with E-state index in [1.165, 1.54) is 12.1 Å². The summed E-state index contributed by atoms with van der Waals surface area (Å²) in [5.74, 6) is 2.03. The second-order valence-corrected chi connectivity index (χ2v) is 6.83. The molecule has 1 fully saturated rings. The van der Waals surface area contributed by atoms with Gasteiger partial charge in [-0.25, -0.2) is 14.1 Å². The van der Waals surface area contributed by atoms with Gasteiger partial charge < -0.3 is 9.64 Å². The van der Waals surface area contributed by atoms with Crippen molar-refractivity contribution >= 4 is 5.82 Å². The van der Waals surface area contributed by atoms with Crippen LogP contribution in [0.3, 0.4) is 0 Å². The molecule has 140 valence electrons. The summed E-state index contributed by atoms with van der Waals surface area (Å²) in [6.07, 6.45) is 5.40. The molecule has 3 heterocycles. The second-order valence-electron chi connectivity index (χ2n) is 6.83. The van der Waals surface area contributed by atoms with Gasteiger partial charge in [-0.1, -0.05) is 0 Å². The molecule has 0 N–H and O–H groups in total. The molecular formula is C20H22FN5O. The third-order valence-electron chi connectivity index (χ3n) is 4.72. The van der Waals surface area contributed by atoms with Crippen molar-refractivity contribution in [2.45, 2.75) is 32.8 Å². The van der Waals surface area contributed by atoms with Crippen LogP contribution in [-0.2, 0) is 0 Å². The van der Waals surface area contributed by atoms with Gasteiger partial charge in [0, 0.05) is 31.6 Å². The molecule has 4 rings (SSSR count). The number of piperidine rings is 1. The van der Waals surface area contributed by atoms with Crippen LogP contribution in [0.4, 0.5) is 10.2 Å². The Morgan fingerprint density at radius 1 is 1.04 bits per heavy atom. The van der Waals surface area contributed by atoms with Crippen LogP contribution in [0.1, 0.15) is 24.2 Å². The van der Waals surface area contributed by atoms with Crippen LogP contribution in [0.5, 0.6) is 5.75 Å². The highest BCUT2D eigenvalue weighted by atomic mass is 19.1. The molecule has 3 aromatic rings. The SMILES string of the molecule is Cc1cc(C)n(-c2cncc(N3CCC(Oc4ccc(F)cc4)CC3)n2)n1. The van der Waals surface area contributed by atoms with Gasteiger partial charge in [0.1, 0.15) is 23.5 Å². The van der Waals surface area contributed by atoms with Gasteiger partial charge in [0.2, 0.25) is 0 Å². The highest BCUT2D eigenvalue weighted by Gasteiger charge is 2.22. The zero-order chi connectivity index (χ0) is 18.8. The van der Waals surface area contributed by atoms with Crippen LogP contribution in [0.15, 0.2) is 42.7 Å². The fraction of sp³-hybridized carbons (Fsp3) is 0.350. The quantitative estimate of drug-likeness (QED) is 0.707. The van der Waals surface area contributed by atoms with Gasteiger partial charge in [-0.05, 0) is 44.2 Å². The number of aromatic nitrogens is 4. The topological polar surface area (TPSA) is 56.1 Å². The Bertz CT molecular complexity index is 916. The fourth-order valence-corrected chi connectivity index (χ4v) is 3.37. The number of halogens is 1. The average molecular weight is 367 g/mol. The van der Waals surface area contributed by atoms with E-state index in [2.05, 4.69) is 15.0 Å². The predicted molar refractivity (Wildman–Crippen MR) is 101 cm³/mol. The highest BCUT2D eigenvalue weighted by Crippen LogP contribution is 2.23. The summed E-state index contributed by atoms with van der Waals surface area (Å²) in [6.45, 7) is 5.64. The Morgan fingerprint density at radius 3 is 2.41 bits per heavy atom. The Labute approximate surface area is 157 Å². The van der Waals surface area contributed by atoms with Crippen LogP contribution < -0.4 is 9.64 Å². The number of hydrogen-bond acceptors (Lipinski definition) is 5. The number of anilines is 1. The first-order valence-electron chi connectivity index (χ1n) is 9.11. The molecule has 1 aliphatic rings.